The van der Waals surface area contributed by atoms with Crippen molar-refractivity contribution in [2.45, 2.75) is 45.1 Å². The van der Waals surface area contributed by atoms with Crippen molar-refractivity contribution in [2.75, 3.05) is 25.6 Å². The number of likely N-dealkylation sites (tertiary alicyclic amines) is 1. The van der Waals surface area contributed by atoms with Crippen LogP contribution in [0.2, 0.25) is 0 Å². The molecule has 1 aliphatic carbocycles. The fraction of sp³-hybridized carbons (Fsp3) is 0.524. The average Bonchev–Trinajstić information content (AvgIpc) is 3.36. The van der Waals surface area contributed by atoms with Gasteiger partial charge in [0.25, 0.3) is 5.91 Å². The molecule has 3 rings (SSSR count). The van der Waals surface area contributed by atoms with Gasteiger partial charge in [-0.25, -0.2) is 4.79 Å². The molecule has 0 radical (unpaired) electrons. The molecule has 1 aromatic carbocycles. The van der Waals surface area contributed by atoms with E-state index in [1.54, 1.807) is 24.0 Å². The maximum Gasteiger partial charge on any atom is 0.337 e. The summed E-state index contributed by atoms with van der Waals surface area (Å²) < 4.78 is 9.81. The number of anilines is 1. The fourth-order valence-corrected chi connectivity index (χ4v) is 3.90. The van der Waals surface area contributed by atoms with Crippen LogP contribution in [0.25, 0.3) is 0 Å². The Hall–Kier alpha value is -2.90. The highest BCUT2D eigenvalue weighted by Crippen LogP contribution is 2.29. The van der Waals surface area contributed by atoms with E-state index in [1.165, 1.54) is 13.2 Å². The van der Waals surface area contributed by atoms with Gasteiger partial charge in [-0.2, -0.15) is 0 Å². The summed E-state index contributed by atoms with van der Waals surface area (Å²) in [6.45, 7) is 1.70. The Kier molecular flexibility index (Phi) is 6.51. The SMILES string of the molecule is COC(=O)c1ccc(C)c(NC(=O)COC(=O)[C@H]2CC(=O)N(C3CCCC3)C2)c1. The molecule has 2 fully saturated rings. The molecule has 0 spiro atoms. The largest absolute Gasteiger partial charge is 0.465 e. The number of methoxy groups -OCH3 is 1. The zero-order chi connectivity index (χ0) is 21.0. The Balaban J connectivity index is 1.51. The van der Waals surface area contributed by atoms with Gasteiger partial charge in [0.1, 0.15) is 0 Å². The third-order valence-electron chi connectivity index (χ3n) is 5.54. The number of hydrogen-bond acceptors (Lipinski definition) is 6. The van der Waals surface area contributed by atoms with Crippen LogP contribution in [0.4, 0.5) is 5.69 Å². The van der Waals surface area contributed by atoms with E-state index in [9.17, 15) is 19.2 Å². The van der Waals surface area contributed by atoms with Crippen LogP contribution in [-0.4, -0.2) is 55.0 Å². The molecule has 1 N–H and O–H groups in total. The van der Waals surface area contributed by atoms with Crippen molar-refractivity contribution in [3.63, 3.8) is 0 Å². The smallest absolute Gasteiger partial charge is 0.337 e. The van der Waals surface area contributed by atoms with E-state index >= 15 is 0 Å². The van der Waals surface area contributed by atoms with Gasteiger partial charge >= 0.3 is 11.9 Å². The summed E-state index contributed by atoms with van der Waals surface area (Å²) in [5.41, 5.74) is 1.50. The number of hydrogen-bond donors (Lipinski definition) is 1. The average molecular weight is 402 g/mol. The van der Waals surface area contributed by atoms with Gasteiger partial charge in [-0.15, -0.1) is 0 Å². The molecule has 8 nitrogen and oxygen atoms in total. The van der Waals surface area contributed by atoms with E-state index in [0.29, 0.717) is 17.8 Å². The first-order valence-corrected chi connectivity index (χ1v) is 9.84. The standard InChI is InChI=1S/C21H26N2O6/c1-13-7-8-14(20(26)28-2)9-17(13)22-18(24)12-29-21(27)15-10-19(25)23(11-15)16-5-3-4-6-16/h7-9,15-16H,3-6,10-12H2,1-2H3,(H,22,24)/t15-/m0/s1. The van der Waals surface area contributed by atoms with Gasteiger partial charge in [0.15, 0.2) is 6.61 Å². The summed E-state index contributed by atoms with van der Waals surface area (Å²) >= 11 is 0. The highest BCUT2D eigenvalue weighted by atomic mass is 16.5. The summed E-state index contributed by atoms with van der Waals surface area (Å²) in [4.78, 5) is 50.1. The zero-order valence-corrected chi connectivity index (χ0v) is 16.7. The molecular weight excluding hydrogens is 376 g/mol. The molecule has 1 saturated carbocycles. The molecule has 1 atom stereocenters. The number of nitrogens with zero attached hydrogens (tertiary/aromatic N) is 1. The lowest BCUT2D eigenvalue weighted by molar-refractivity contribution is -0.151. The van der Waals surface area contributed by atoms with Crippen LogP contribution < -0.4 is 5.32 Å². The molecule has 2 amide bonds. The minimum Gasteiger partial charge on any atom is -0.465 e. The molecule has 1 saturated heterocycles. The summed E-state index contributed by atoms with van der Waals surface area (Å²) in [5, 5.41) is 2.64. The highest BCUT2D eigenvalue weighted by molar-refractivity contribution is 5.96. The van der Waals surface area contributed by atoms with Crippen LogP contribution in [0.3, 0.4) is 0 Å². The van der Waals surface area contributed by atoms with Gasteiger partial charge in [-0.3, -0.25) is 14.4 Å². The van der Waals surface area contributed by atoms with Gasteiger partial charge in [-0.1, -0.05) is 18.9 Å². The van der Waals surface area contributed by atoms with E-state index in [1.807, 2.05) is 0 Å². The number of amides is 2. The molecule has 2 aliphatic rings. The van der Waals surface area contributed by atoms with Gasteiger partial charge in [-0.05, 0) is 37.5 Å². The van der Waals surface area contributed by atoms with Gasteiger partial charge in [0, 0.05) is 24.7 Å². The van der Waals surface area contributed by atoms with Crippen LogP contribution >= 0.6 is 0 Å². The summed E-state index contributed by atoms with van der Waals surface area (Å²) in [5.74, 6) is -2.10. The molecule has 1 aromatic rings. The summed E-state index contributed by atoms with van der Waals surface area (Å²) in [6.07, 6.45) is 4.33. The van der Waals surface area contributed by atoms with Gasteiger partial charge in [0.05, 0.1) is 18.6 Å². The predicted octanol–water partition coefficient (Wildman–Crippen LogP) is 2.05. The van der Waals surface area contributed by atoms with Crippen molar-refractivity contribution in [1.82, 2.24) is 4.90 Å². The monoisotopic (exact) mass is 402 g/mol. The number of benzene rings is 1. The maximum atomic E-state index is 12.3. The quantitative estimate of drug-likeness (QED) is 0.731. The topological polar surface area (TPSA) is 102 Å². The Labute approximate surface area is 169 Å². The number of aryl methyl sites for hydroxylation is 1. The molecule has 156 valence electrons. The third kappa shape index (κ3) is 4.93. The third-order valence-corrected chi connectivity index (χ3v) is 5.54. The van der Waals surface area contributed by atoms with Crippen LogP contribution in [-0.2, 0) is 23.9 Å². The van der Waals surface area contributed by atoms with E-state index in [2.05, 4.69) is 10.1 Å². The number of rotatable bonds is 6. The number of esters is 2. The Morgan fingerprint density at radius 3 is 2.62 bits per heavy atom. The zero-order valence-electron chi connectivity index (χ0n) is 16.7. The molecule has 29 heavy (non-hydrogen) atoms. The summed E-state index contributed by atoms with van der Waals surface area (Å²) in [6, 6.07) is 5.03. The minimum atomic E-state index is -0.533. The molecule has 0 bridgehead atoms. The predicted molar refractivity (Wildman–Crippen MR) is 104 cm³/mol. The van der Waals surface area contributed by atoms with Crippen molar-refractivity contribution in [1.29, 1.82) is 0 Å². The second-order valence-electron chi connectivity index (χ2n) is 7.56. The molecular formula is C21H26N2O6. The lowest BCUT2D eigenvalue weighted by atomic mass is 10.1. The first kappa shape index (κ1) is 20.8. The number of nitrogens with one attached hydrogen (secondary N) is 1. The van der Waals surface area contributed by atoms with Gasteiger partial charge < -0.3 is 19.7 Å². The Bertz CT molecular complexity index is 815. The molecule has 0 aromatic heterocycles. The molecule has 1 aliphatic heterocycles. The molecule has 0 unspecified atom stereocenters. The second-order valence-corrected chi connectivity index (χ2v) is 7.56. The normalized spacial score (nSPS) is 19.3. The van der Waals surface area contributed by atoms with Crippen molar-refractivity contribution in [2.24, 2.45) is 5.92 Å². The summed E-state index contributed by atoms with van der Waals surface area (Å²) in [7, 11) is 1.28. The molecule has 1 heterocycles. The van der Waals surface area contributed by atoms with Crippen molar-refractivity contribution in [3.05, 3.63) is 29.3 Å². The lowest BCUT2D eigenvalue weighted by Crippen LogP contribution is -2.35. The lowest BCUT2D eigenvalue weighted by Gasteiger charge is -2.23. The first-order valence-electron chi connectivity index (χ1n) is 9.84. The minimum absolute atomic E-state index is 0.0152. The maximum absolute atomic E-state index is 12.3. The fourth-order valence-electron chi connectivity index (χ4n) is 3.90. The van der Waals surface area contributed by atoms with Crippen molar-refractivity contribution >= 4 is 29.4 Å². The van der Waals surface area contributed by atoms with E-state index in [0.717, 1.165) is 31.2 Å². The van der Waals surface area contributed by atoms with Crippen molar-refractivity contribution in [3.8, 4) is 0 Å². The van der Waals surface area contributed by atoms with Gasteiger partial charge in [0.2, 0.25) is 5.91 Å². The van der Waals surface area contributed by atoms with Crippen LogP contribution in [0, 0.1) is 12.8 Å². The molecule has 8 heteroatoms. The van der Waals surface area contributed by atoms with E-state index < -0.39 is 30.4 Å². The number of ether oxygens (including phenoxy) is 2. The van der Waals surface area contributed by atoms with Crippen LogP contribution in [0.5, 0.6) is 0 Å². The van der Waals surface area contributed by atoms with Crippen LogP contribution in [0.15, 0.2) is 18.2 Å². The van der Waals surface area contributed by atoms with Crippen molar-refractivity contribution < 1.29 is 28.7 Å². The first-order chi connectivity index (χ1) is 13.9. The van der Waals surface area contributed by atoms with Crippen LogP contribution in [0.1, 0.15) is 48.0 Å². The highest BCUT2D eigenvalue weighted by Gasteiger charge is 2.39. The Morgan fingerprint density at radius 2 is 1.93 bits per heavy atom. The van der Waals surface area contributed by atoms with E-state index in [-0.39, 0.29) is 18.4 Å². The number of carbonyl (C=O) groups excluding carboxylic acids is 4. The second kappa shape index (κ2) is 9.07. The Morgan fingerprint density at radius 1 is 1.21 bits per heavy atom. The van der Waals surface area contributed by atoms with E-state index in [4.69, 9.17) is 4.74 Å². The number of carbonyl (C=O) groups is 4.